The summed E-state index contributed by atoms with van der Waals surface area (Å²) >= 11 is 3.98. The Labute approximate surface area is 354 Å². The summed E-state index contributed by atoms with van der Waals surface area (Å²) in [5.74, 6) is 0.356. The molecule has 1 aliphatic heterocycles. The smallest absolute Gasteiger partial charge is 0.0730 e. The number of allylic oxidation sites excluding steroid dienone is 5. The number of thiophene rings is 1. The second-order valence-corrected chi connectivity index (χ2v) is 19.0. The molecule has 3 atom stereocenters. The Morgan fingerprint density at radius 3 is 2.27 bits per heavy atom. The lowest BCUT2D eigenvalue weighted by molar-refractivity contribution is 0.658. The van der Waals surface area contributed by atoms with Gasteiger partial charge in [0, 0.05) is 54.3 Å². The van der Waals surface area contributed by atoms with Gasteiger partial charge in [-0.25, -0.2) is 0 Å². The highest BCUT2D eigenvalue weighted by molar-refractivity contribution is 8.00. The summed E-state index contributed by atoms with van der Waals surface area (Å²) in [6.45, 7) is 4.77. The van der Waals surface area contributed by atoms with Crippen LogP contribution in [0.2, 0.25) is 0 Å². The van der Waals surface area contributed by atoms with Crippen LogP contribution < -0.4 is 4.90 Å². The Morgan fingerprint density at radius 2 is 1.41 bits per heavy atom. The number of hydrogen-bond acceptors (Lipinski definition) is 3. The number of thioether (sulfide) groups is 1. The lowest BCUT2D eigenvalue weighted by Crippen LogP contribution is -2.30. The van der Waals surface area contributed by atoms with Gasteiger partial charge in [-0.1, -0.05) is 160 Å². The molecule has 0 amide bonds. The molecule has 6 aromatic carbocycles. The molecule has 284 valence electrons. The number of rotatable bonds is 6. The van der Waals surface area contributed by atoms with E-state index in [0.29, 0.717) is 11.2 Å². The van der Waals surface area contributed by atoms with Crippen LogP contribution in [0.5, 0.6) is 0 Å². The second-order valence-electron chi connectivity index (χ2n) is 16.7. The maximum Gasteiger partial charge on any atom is 0.0730 e. The Morgan fingerprint density at radius 1 is 0.661 bits per heavy atom. The molecule has 0 saturated heterocycles. The van der Waals surface area contributed by atoms with Crippen LogP contribution in [0, 0.1) is 0 Å². The van der Waals surface area contributed by atoms with Gasteiger partial charge in [0.2, 0.25) is 0 Å². The van der Waals surface area contributed by atoms with Crippen molar-refractivity contribution in [2.75, 3.05) is 4.90 Å². The first-order valence-corrected chi connectivity index (χ1v) is 22.5. The average molecular weight is 795 g/mol. The minimum atomic E-state index is -0.0655. The lowest BCUT2D eigenvalue weighted by atomic mass is 9.78. The molecule has 4 aliphatic rings. The molecule has 4 heteroatoms. The summed E-state index contributed by atoms with van der Waals surface area (Å²) in [7, 11) is 0. The van der Waals surface area contributed by atoms with Gasteiger partial charge < -0.3 is 9.47 Å². The number of fused-ring (bicyclic) bond motifs is 10. The number of benzene rings is 6. The third kappa shape index (κ3) is 5.39. The fourth-order valence-electron chi connectivity index (χ4n) is 10.4. The highest BCUT2D eigenvalue weighted by Gasteiger charge is 2.39. The number of anilines is 2. The van der Waals surface area contributed by atoms with E-state index in [2.05, 4.69) is 211 Å². The molecule has 2 nitrogen and oxygen atoms in total. The first-order chi connectivity index (χ1) is 29.0. The fourth-order valence-corrected chi connectivity index (χ4v) is 13.1. The molecular formula is C55H42N2S2. The van der Waals surface area contributed by atoms with Crippen molar-refractivity contribution < 1.29 is 0 Å². The van der Waals surface area contributed by atoms with E-state index < -0.39 is 0 Å². The maximum atomic E-state index is 2.59. The Balaban J connectivity index is 0.954. The molecule has 0 bridgehead atoms. The number of nitrogens with zero attached hydrogens (tertiary/aromatic N) is 2. The summed E-state index contributed by atoms with van der Waals surface area (Å²) in [4.78, 5) is 3.99. The first kappa shape index (κ1) is 34.9. The monoisotopic (exact) mass is 794 g/mol. The van der Waals surface area contributed by atoms with Gasteiger partial charge >= 0.3 is 0 Å². The van der Waals surface area contributed by atoms with Gasteiger partial charge in [-0.05, 0) is 93.4 Å². The summed E-state index contributed by atoms with van der Waals surface area (Å²) < 4.78 is 5.35. The van der Waals surface area contributed by atoms with Crippen molar-refractivity contribution in [3.05, 3.63) is 211 Å². The van der Waals surface area contributed by atoms with E-state index in [-0.39, 0.29) is 11.5 Å². The van der Waals surface area contributed by atoms with E-state index in [1.165, 1.54) is 92.5 Å². The molecule has 2 aromatic heterocycles. The molecule has 0 N–H and O–H groups in total. The van der Waals surface area contributed by atoms with Crippen molar-refractivity contribution in [1.82, 2.24) is 4.57 Å². The summed E-state index contributed by atoms with van der Waals surface area (Å²) in [5, 5.41) is 1.77. The Bertz CT molecular complexity index is 3100. The largest absolute Gasteiger partial charge is 0.334 e. The fraction of sp³-hybridized carbons (Fsp3) is 0.127. The molecule has 3 heterocycles. The SMILES string of the molecule is CC1(C)c2ccccc2-c2cccc(C3=CCC(N(c4ccc(-n5c6c(c7sc8ccccc8c75)SC5C=CC=CC65)cc4)c4cccc(-c5ccccc5)c4)C=C3)c21. The van der Waals surface area contributed by atoms with E-state index in [1.54, 1.807) is 0 Å². The van der Waals surface area contributed by atoms with Gasteiger partial charge in [-0.2, -0.15) is 0 Å². The van der Waals surface area contributed by atoms with Gasteiger partial charge in [-0.3, -0.25) is 0 Å². The van der Waals surface area contributed by atoms with Crippen LogP contribution in [0.15, 0.2) is 193 Å². The first-order valence-electron chi connectivity index (χ1n) is 20.8. The molecule has 0 saturated carbocycles. The highest BCUT2D eigenvalue weighted by Crippen LogP contribution is 2.56. The molecule has 12 rings (SSSR count). The molecule has 3 unspecified atom stereocenters. The van der Waals surface area contributed by atoms with Gasteiger partial charge in [0.15, 0.2) is 0 Å². The maximum absolute atomic E-state index is 2.59. The minimum absolute atomic E-state index is 0.0655. The Hall–Kier alpha value is -6.07. The van der Waals surface area contributed by atoms with E-state index in [9.17, 15) is 0 Å². The van der Waals surface area contributed by atoms with Crippen molar-refractivity contribution in [2.24, 2.45) is 0 Å². The van der Waals surface area contributed by atoms with Crippen molar-refractivity contribution in [2.45, 2.75) is 47.8 Å². The van der Waals surface area contributed by atoms with Crippen molar-refractivity contribution in [1.29, 1.82) is 0 Å². The standard InChI is InChI=1S/C55H42N2S2/c1-55(2)47-23-9-6-18-43(47)44-22-13-21-42(50(44)55)36-26-28-38(29-27-36)56(41-17-12-16-37(34-41)35-14-4-3-5-15-35)39-30-32-40(33-31-39)57-51-45-19-7-10-24-48(45)58-53(51)54-52(57)46-20-8-11-25-49(46)59-54/h3-28,30-34,38,45,48H,29H2,1-2H3. The van der Waals surface area contributed by atoms with Crippen LogP contribution in [0.3, 0.4) is 0 Å². The number of aromatic nitrogens is 1. The van der Waals surface area contributed by atoms with Crippen LogP contribution in [-0.4, -0.2) is 15.9 Å². The summed E-state index contributed by atoms with van der Waals surface area (Å²) in [6, 6.07) is 54.1. The van der Waals surface area contributed by atoms with Gasteiger partial charge in [-0.15, -0.1) is 23.1 Å². The van der Waals surface area contributed by atoms with Crippen LogP contribution in [0.4, 0.5) is 11.4 Å². The zero-order valence-electron chi connectivity index (χ0n) is 33.0. The molecule has 0 radical (unpaired) electrons. The van der Waals surface area contributed by atoms with Crippen LogP contribution >= 0.6 is 23.1 Å². The molecule has 59 heavy (non-hydrogen) atoms. The van der Waals surface area contributed by atoms with Crippen molar-refractivity contribution >= 4 is 60.3 Å². The van der Waals surface area contributed by atoms with Gasteiger partial charge in [0.05, 0.1) is 16.3 Å². The molecular weight excluding hydrogens is 753 g/mol. The van der Waals surface area contributed by atoms with Crippen molar-refractivity contribution in [3.8, 4) is 27.9 Å². The van der Waals surface area contributed by atoms with Crippen molar-refractivity contribution in [3.63, 3.8) is 0 Å². The molecule has 0 spiro atoms. The quantitative estimate of drug-likeness (QED) is 0.166. The normalized spacial score (nSPS) is 19.4. The zero-order chi connectivity index (χ0) is 39.2. The average Bonchev–Trinajstić information content (AvgIpc) is 4.01. The van der Waals surface area contributed by atoms with Crippen LogP contribution in [0.1, 0.15) is 48.6 Å². The van der Waals surface area contributed by atoms with E-state index in [4.69, 9.17) is 0 Å². The van der Waals surface area contributed by atoms with Gasteiger partial charge in [0.1, 0.15) is 0 Å². The third-order valence-corrected chi connectivity index (χ3v) is 15.7. The predicted octanol–water partition coefficient (Wildman–Crippen LogP) is 15.1. The molecule has 0 fully saturated rings. The topological polar surface area (TPSA) is 8.17 Å². The van der Waals surface area contributed by atoms with Crippen LogP contribution in [-0.2, 0) is 5.41 Å². The minimum Gasteiger partial charge on any atom is -0.334 e. The predicted molar refractivity (Wildman–Crippen MR) is 253 cm³/mol. The molecule has 3 aliphatic carbocycles. The lowest BCUT2D eigenvalue weighted by Gasteiger charge is -2.34. The third-order valence-electron chi connectivity index (χ3n) is 13.0. The summed E-state index contributed by atoms with van der Waals surface area (Å²) in [5.41, 5.74) is 17.0. The van der Waals surface area contributed by atoms with E-state index >= 15 is 0 Å². The Kier molecular flexibility index (Phi) is 7.98. The molecule has 8 aromatic rings. The van der Waals surface area contributed by atoms with E-state index in [0.717, 1.165) is 6.42 Å². The highest BCUT2D eigenvalue weighted by atomic mass is 32.2. The second kappa shape index (κ2) is 13.5. The summed E-state index contributed by atoms with van der Waals surface area (Å²) in [6.07, 6.45) is 17.4. The number of hydrogen-bond donors (Lipinski definition) is 0. The van der Waals surface area contributed by atoms with E-state index in [1.807, 2.05) is 23.1 Å². The zero-order valence-corrected chi connectivity index (χ0v) is 34.7. The van der Waals surface area contributed by atoms with Gasteiger partial charge in [0.25, 0.3) is 0 Å². The van der Waals surface area contributed by atoms with Crippen LogP contribution in [0.25, 0.3) is 53.8 Å².